The molecule has 3 rings (SSSR count). The zero-order valence-corrected chi connectivity index (χ0v) is 14.9. The lowest BCUT2D eigenvalue weighted by Crippen LogP contribution is -2.62. The predicted octanol–water partition coefficient (Wildman–Crippen LogP) is 1.07. The molecule has 1 fully saturated rings. The van der Waals surface area contributed by atoms with Crippen LogP contribution in [0.2, 0.25) is 0 Å². The van der Waals surface area contributed by atoms with Crippen LogP contribution in [0.1, 0.15) is 12.8 Å². The van der Waals surface area contributed by atoms with Crippen molar-refractivity contribution in [3.05, 3.63) is 58.3 Å². The molecule has 0 aromatic heterocycles. The van der Waals surface area contributed by atoms with Gasteiger partial charge in [-0.15, -0.1) is 0 Å². The third-order valence-corrected chi connectivity index (χ3v) is 5.33. The Morgan fingerprint density at radius 2 is 2.00 bits per heavy atom. The maximum Gasteiger partial charge on any atom is 0.299 e. The van der Waals surface area contributed by atoms with Crippen LogP contribution >= 0.6 is 0 Å². The molecular formula is C18H27N5O2. The molecule has 136 valence electrons. The summed E-state index contributed by atoms with van der Waals surface area (Å²) in [5.41, 5.74) is -0.479. The molecule has 0 saturated carbocycles. The third-order valence-electron chi connectivity index (χ3n) is 5.33. The van der Waals surface area contributed by atoms with Crippen molar-refractivity contribution in [1.29, 1.82) is 0 Å². The van der Waals surface area contributed by atoms with Gasteiger partial charge in [0.2, 0.25) is 0 Å². The molecule has 2 unspecified atom stereocenters. The van der Waals surface area contributed by atoms with E-state index >= 15 is 0 Å². The van der Waals surface area contributed by atoms with E-state index in [1.54, 1.807) is 25.1 Å². The number of nitro groups is 1. The third kappa shape index (κ3) is 3.40. The minimum Gasteiger partial charge on any atom is -0.364 e. The van der Waals surface area contributed by atoms with Crippen LogP contribution in [0.15, 0.2) is 48.2 Å². The SMILES string of the molecule is CN(C)C1([N+](=O)[O-])C=CC(NC2(N3CCNCC3)C=CC=CC2)=CC1. The zero-order chi connectivity index (χ0) is 17.9. The van der Waals surface area contributed by atoms with Crippen molar-refractivity contribution < 1.29 is 4.92 Å². The van der Waals surface area contributed by atoms with Crippen LogP contribution in [0, 0.1) is 10.1 Å². The summed E-state index contributed by atoms with van der Waals surface area (Å²) in [7, 11) is 3.49. The number of hydrogen-bond acceptors (Lipinski definition) is 6. The lowest BCUT2D eigenvalue weighted by atomic mass is 9.94. The molecule has 0 amide bonds. The van der Waals surface area contributed by atoms with Crippen LogP contribution < -0.4 is 10.6 Å². The van der Waals surface area contributed by atoms with Crippen LogP contribution in [0.4, 0.5) is 0 Å². The van der Waals surface area contributed by atoms with Crippen molar-refractivity contribution in [2.24, 2.45) is 0 Å². The number of likely N-dealkylation sites (N-methyl/N-ethyl adjacent to an activating group) is 1. The Kier molecular flexibility index (Phi) is 5.08. The minimum absolute atomic E-state index is 0.216. The van der Waals surface area contributed by atoms with Gasteiger partial charge in [-0.1, -0.05) is 24.3 Å². The maximum absolute atomic E-state index is 11.6. The summed E-state index contributed by atoms with van der Waals surface area (Å²) in [4.78, 5) is 15.4. The van der Waals surface area contributed by atoms with E-state index in [1.807, 2.05) is 12.2 Å². The average Bonchev–Trinajstić information content (AvgIpc) is 2.63. The van der Waals surface area contributed by atoms with E-state index in [9.17, 15) is 10.1 Å². The summed E-state index contributed by atoms with van der Waals surface area (Å²) in [6.45, 7) is 3.89. The second kappa shape index (κ2) is 7.11. The Hall–Kier alpha value is -1.96. The van der Waals surface area contributed by atoms with E-state index in [0.717, 1.165) is 38.3 Å². The van der Waals surface area contributed by atoms with Gasteiger partial charge in [-0.25, -0.2) is 4.90 Å². The summed E-state index contributed by atoms with van der Waals surface area (Å²) >= 11 is 0. The van der Waals surface area contributed by atoms with Crippen molar-refractivity contribution in [3.63, 3.8) is 0 Å². The fourth-order valence-electron chi connectivity index (χ4n) is 3.67. The zero-order valence-electron chi connectivity index (χ0n) is 14.9. The van der Waals surface area contributed by atoms with Crippen molar-refractivity contribution in [3.8, 4) is 0 Å². The summed E-state index contributed by atoms with van der Waals surface area (Å²) in [5.74, 6) is 0. The first-order valence-electron chi connectivity index (χ1n) is 8.78. The van der Waals surface area contributed by atoms with Gasteiger partial charge in [0.1, 0.15) is 5.66 Å². The van der Waals surface area contributed by atoms with Gasteiger partial charge in [0, 0.05) is 49.3 Å². The van der Waals surface area contributed by atoms with Gasteiger partial charge in [0.25, 0.3) is 5.66 Å². The standard InChI is InChI=1S/C18H27N5O2/c1-21(2)18(23(24)25)10-6-16(7-11-18)20-17(8-4-3-5-9-17)22-14-12-19-13-15-22/h3-8,10,19-20H,9,11-15H2,1-2H3. The van der Waals surface area contributed by atoms with Crippen LogP contribution in [0.25, 0.3) is 0 Å². The number of nitrogens with zero attached hydrogens (tertiary/aromatic N) is 3. The molecule has 2 aliphatic carbocycles. The van der Waals surface area contributed by atoms with E-state index in [2.05, 4.69) is 39.8 Å². The Morgan fingerprint density at radius 3 is 2.52 bits per heavy atom. The Bertz CT molecular complexity index is 633. The lowest BCUT2D eigenvalue weighted by molar-refractivity contribution is -0.582. The Labute approximate surface area is 148 Å². The summed E-state index contributed by atoms with van der Waals surface area (Å²) in [6.07, 6.45) is 15.2. The quantitative estimate of drug-likeness (QED) is 0.441. The summed E-state index contributed by atoms with van der Waals surface area (Å²) in [6, 6.07) is 0. The molecule has 3 aliphatic rings. The molecule has 25 heavy (non-hydrogen) atoms. The normalized spacial score (nSPS) is 32.7. The van der Waals surface area contributed by atoms with Crippen LogP contribution in [-0.2, 0) is 0 Å². The molecule has 2 atom stereocenters. The van der Waals surface area contributed by atoms with Gasteiger partial charge in [-0.05, 0) is 26.2 Å². The first kappa shape index (κ1) is 17.8. The number of allylic oxidation sites excluding steroid dienone is 3. The number of nitrogens with one attached hydrogen (secondary N) is 2. The number of piperazine rings is 1. The first-order chi connectivity index (χ1) is 12.0. The predicted molar refractivity (Wildman–Crippen MR) is 98.5 cm³/mol. The fraction of sp³-hybridized carbons (Fsp3) is 0.556. The van der Waals surface area contributed by atoms with Crippen LogP contribution in [-0.4, -0.2) is 66.3 Å². The van der Waals surface area contributed by atoms with Crippen molar-refractivity contribution in [2.45, 2.75) is 24.2 Å². The van der Waals surface area contributed by atoms with Gasteiger partial charge in [0.05, 0.1) is 6.42 Å². The minimum atomic E-state index is -1.16. The maximum atomic E-state index is 11.6. The van der Waals surface area contributed by atoms with Crippen molar-refractivity contribution in [2.75, 3.05) is 40.3 Å². The van der Waals surface area contributed by atoms with E-state index < -0.39 is 5.66 Å². The second-order valence-electron chi connectivity index (χ2n) is 7.00. The summed E-state index contributed by atoms with van der Waals surface area (Å²) < 4.78 is 0. The molecule has 7 nitrogen and oxygen atoms in total. The van der Waals surface area contributed by atoms with E-state index in [1.165, 1.54) is 0 Å². The van der Waals surface area contributed by atoms with E-state index in [4.69, 9.17) is 0 Å². The highest BCUT2D eigenvalue weighted by Crippen LogP contribution is 2.29. The first-order valence-corrected chi connectivity index (χ1v) is 8.78. The van der Waals surface area contributed by atoms with Gasteiger partial charge in [-0.3, -0.25) is 15.0 Å². The Balaban J connectivity index is 1.79. The molecule has 0 aromatic rings. The van der Waals surface area contributed by atoms with E-state index in [-0.39, 0.29) is 10.6 Å². The molecule has 2 N–H and O–H groups in total. The molecule has 0 aromatic carbocycles. The van der Waals surface area contributed by atoms with Gasteiger partial charge in [0.15, 0.2) is 0 Å². The lowest BCUT2D eigenvalue weighted by Gasteiger charge is -2.46. The van der Waals surface area contributed by atoms with Gasteiger partial charge in [-0.2, -0.15) is 0 Å². The summed E-state index contributed by atoms with van der Waals surface area (Å²) in [5, 5.41) is 18.6. The highest BCUT2D eigenvalue weighted by atomic mass is 16.6. The molecule has 1 aliphatic heterocycles. The van der Waals surface area contributed by atoms with Gasteiger partial charge >= 0.3 is 0 Å². The second-order valence-corrected chi connectivity index (χ2v) is 7.00. The molecule has 0 spiro atoms. The fourth-order valence-corrected chi connectivity index (χ4v) is 3.67. The molecule has 0 radical (unpaired) electrons. The average molecular weight is 345 g/mol. The highest BCUT2D eigenvalue weighted by Gasteiger charge is 2.44. The van der Waals surface area contributed by atoms with E-state index in [0.29, 0.717) is 6.42 Å². The molecular weight excluding hydrogens is 318 g/mol. The number of rotatable bonds is 5. The molecule has 1 saturated heterocycles. The molecule has 0 bridgehead atoms. The molecule has 1 heterocycles. The topological polar surface area (TPSA) is 73.7 Å². The number of hydrogen-bond donors (Lipinski definition) is 2. The van der Waals surface area contributed by atoms with Crippen molar-refractivity contribution >= 4 is 0 Å². The largest absolute Gasteiger partial charge is 0.364 e. The van der Waals surface area contributed by atoms with Crippen LogP contribution in [0.5, 0.6) is 0 Å². The smallest absolute Gasteiger partial charge is 0.299 e. The van der Waals surface area contributed by atoms with Gasteiger partial charge < -0.3 is 10.6 Å². The molecule has 7 heteroatoms. The monoisotopic (exact) mass is 345 g/mol. The van der Waals surface area contributed by atoms with Crippen LogP contribution in [0.3, 0.4) is 0 Å². The Morgan fingerprint density at radius 1 is 1.24 bits per heavy atom. The van der Waals surface area contributed by atoms with Crippen molar-refractivity contribution in [1.82, 2.24) is 20.4 Å². The highest BCUT2D eigenvalue weighted by molar-refractivity contribution is 5.31.